The summed E-state index contributed by atoms with van der Waals surface area (Å²) < 4.78 is 13.6. The molecule has 0 bridgehead atoms. The van der Waals surface area contributed by atoms with E-state index >= 15 is 0 Å². The molecule has 2 rings (SSSR count). The molecule has 1 aliphatic rings. The van der Waals surface area contributed by atoms with E-state index in [4.69, 9.17) is 17.3 Å². The maximum absolute atomic E-state index is 13.6. The lowest BCUT2D eigenvalue weighted by molar-refractivity contribution is 0.0771. The van der Waals surface area contributed by atoms with Gasteiger partial charge < -0.3 is 5.73 Å². The first-order valence-corrected chi connectivity index (χ1v) is 8.36. The number of rotatable bonds is 6. The smallest absolute Gasteiger partial charge is 0.142 e. The molecular formula is C17H26ClFN2. The Morgan fingerprint density at radius 1 is 1.29 bits per heavy atom. The Morgan fingerprint density at radius 3 is 2.48 bits per heavy atom. The number of halogens is 2. The minimum atomic E-state index is -0.357. The van der Waals surface area contributed by atoms with Crippen LogP contribution in [-0.4, -0.2) is 29.6 Å². The Balaban J connectivity index is 2.23. The Kier molecular flexibility index (Phi) is 5.64. The lowest BCUT2D eigenvalue weighted by Gasteiger charge is -2.45. The molecule has 1 unspecified atom stereocenters. The normalized spacial score (nSPS) is 19.1. The monoisotopic (exact) mass is 312 g/mol. The van der Waals surface area contributed by atoms with Crippen LogP contribution in [0.3, 0.4) is 0 Å². The van der Waals surface area contributed by atoms with Crippen molar-refractivity contribution in [3.8, 4) is 0 Å². The zero-order valence-electron chi connectivity index (χ0n) is 13.0. The number of likely N-dealkylation sites (N-methyl/N-ethyl adjacent to an activating group) is 1. The van der Waals surface area contributed by atoms with E-state index in [0.29, 0.717) is 6.42 Å². The molecule has 0 aliphatic heterocycles. The molecule has 1 atom stereocenters. The Bertz CT molecular complexity index is 468. The van der Waals surface area contributed by atoms with Crippen LogP contribution in [0.25, 0.3) is 0 Å². The van der Waals surface area contributed by atoms with Gasteiger partial charge in [0.05, 0.1) is 5.02 Å². The van der Waals surface area contributed by atoms with Crippen molar-refractivity contribution in [1.29, 1.82) is 0 Å². The molecule has 118 valence electrons. The fourth-order valence-electron chi connectivity index (χ4n) is 3.90. The van der Waals surface area contributed by atoms with Crippen molar-refractivity contribution in [2.75, 3.05) is 13.1 Å². The quantitative estimate of drug-likeness (QED) is 0.860. The summed E-state index contributed by atoms with van der Waals surface area (Å²) in [4.78, 5) is 2.48. The first-order valence-electron chi connectivity index (χ1n) is 7.98. The largest absolute Gasteiger partial charge is 0.326 e. The van der Waals surface area contributed by atoms with Gasteiger partial charge in [-0.25, -0.2) is 4.39 Å². The molecule has 1 aromatic carbocycles. The van der Waals surface area contributed by atoms with Crippen LogP contribution in [0.4, 0.5) is 4.39 Å². The molecule has 0 aromatic heterocycles. The molecule has 0 spiro atoms. The van der Waals surface area contributed by atoms with E-state index in [0.717, 1.165) is 31.5 Å². The summed E-state index contributed by atoms with van der Waals surface area (Å²) in [6.45, 7) is 6.37. The summed E-state index contributed by atoms with van der Waals surface area (Å²) >= 11 is 6.09. The highest BCUT2D eigenvalue weighted by atomic mass is 35.5. The molecule has 21 heavy (non-hydrogen) atoms. The van der Waals surface area contributed by atoms with Crippen molar-refractivity contribution in [2.24, 2.45) is 5.73 Å². The molecule has 1 fully saturated rings. The third-order valence-electron chi connectivity index (χ3n) is 5.02. The molecule has 0 heterocycles. The zero-order chi connectivity index (χ0) is 15.5. The molecule has 1 aliphatic carbocycles. The van der Waals surface area contributed by atoms with Crippen LogP contribution < -0.4 is 5.73 Å². The summed E-state index contributed by atoms with van der Waals surface area (Å²) in [6, 6.07) is 4.98. The second-order valence-corrected chi connectivity index (χ2v) is 6.38. The van der Waals surface area contributed by atoms with Crippen LogP contribution in [-0.2, 0) is 6.42 Å². The molecule has 1 aromatic rings. The van der Waals surface area contributed by atoms with Crippen LogP contribution in [0.5, 0.6) is 0 Å². The first kappa shape index (κ1) is 16.7. The van der Waals surface area contributed by atoms with Gasteiger partial charge in [-0.15, -0.1) is 0 Å². The van der Waals surface area contributed by atoms with Gasteiger partial charge in [0, 0.05) is 11.6 Å². The van der Waals surface area contributed by atoms with E-state index in [-0.39, 0.29) is 22.4 Å². The maximum atomic E-state index is 13.6. The number of nitrogens with zero attached hydrogens (tertiary/aromatic N) is 1. The van der Waals surface area contributed by atoms with E-state index in [2.05, 4.69) is 18.7 Å². The van der Waals surface area contributed by atoms with E-state index in [1.165, 1.54) is 18.9 Å². The van der Waals surface area contributed by atoms with Crippen molar-refractivity contribution >= 4 is 11.6 Å². The number of hydrogen-bond acceptors (Lipinski definition) is 2. The summed E-state index contributed by atoms with van der Waals surface area (Å²) in [7, 11) is 0. The zero-order valence-corrected chi connectivity index (χ0v) is 13.8. The van der Waals surface area contributed by atoms with Crippen molar-refractivity contribution in [2.45, 2.75) is 57.5 Å². The lowest BCUT2D eigenvalue weighted by Crippen LogP contribution is -2.59. The lowest BCUT2D eigenvalue weighted by atomic mass is 9.83. The third-order valence-corrected chi connectivity index (χ3v) is 5.45. The highest BCUT2D eigenvalue weighted by Crippen LogP contribution is 2.39. The van der Waals surface area contributed by atoms with Gasteiger partial charge in [0.2, 0.25) is 0 Å². The fourth-order valence-corrected chi connectivity index (χ4v) is 4.10. The average Bonchev–Trinajstić information content (AvgIpc) is 2.96. The highest BCUT2D eigenvalue weighted by Gasteiger charge is 2.43. The van der Waals surface area contributed by atoms with Gasteiger partial charge in [-0.3, -0.25) is 4.90 Å². The van der Waals surface area contributed by atoms with Crippen LogP contribution >= 0.6 is 11.6 Å². The van der Waals surface area contributed by atoms with Gasteiger partial charge >= 0.3 is 0 Å². The van der Waals surface area contributed by atoms with E-state index in [9.17, 15) is 4.39 Å². The summed E-state index contributed by atoms with van der Waals surface area (Å²) in [5, 5.41) is 0.223. The number of hydrogen-bond donors (Lipinski definition) is 1. The minimum absolute atomic E-state index is 0.0146. The molecule has 4 heteroatoms. The van der Waals surface area contributed by atoms with Crippen LogP contribution in [0.2, 0.25) is 5.02 Å². The van der Waals surface area contributed by atoms with Crippen molar-refractivity contribution in [3.05, 3.63) is 34.6 Å². The first-order chi connectivity index (χ1) is 10.0. The SMILES string of the molecule is CCN(CC)C1(C(N)Cc2cccc(F)c2Cl)CCCC1. The molecular weight excluding hydrogens is 287 g/mol. The van der Waals surface area contributed by atoms with Crippen LogP contribution in [0.1, 0.15) is 45.1 Å². The van der Waals surface area contributed by atoms with Gasteiger partial charge in [-0.2, -0.15) is 0 Å². The Hall–Kier alpha value is -0.640. The molecule has 2 nitrogen and oxygen atoms in total. The average molecular weight is 313 g/mol. The molecule has 0 radical (unpaired) electrons. The predicted molar refractivity (Wildman–Crippen MR) is 87.2 cm³/mol. The second kappa shape index (κ2) is 7.08. The van der Waals surface area contributed by atoms with Crippen LogP contribution in [0, 0.1) is 5.82 Å². The van der Waals surface area contributed by atoms with Crippen molar-refractivity contribution < 1.29 is 4.39 Å². The summed E-state index contributed by atoms with van der Waals surface area (Å²) in [5.74, 6) is -0.357. The maximum Gasteiger partial charge on any atom is 0.142 e. The number of benzene rings is 1. The number of nitrogens with two attached hydrogens (primary N) is 1. The summed E-state index contributed by atoms with van der Waals surface area (Å²) in [6.07, 6.45) is 5.33. The predicted octanol–water partition coefficient (Wildman–Crippen LogP) is 4.00. The molecule has 0 saturated heterocycles. The standard InChI is InChI=1S/C17H26ClFN2/c1-3-21(4-2)17(10-5-6-11-17)15(20)12-13-8-7-9-14(19)16(13)18/h7-9,15H,3-6,10-12,20H2,1-2H3. The van der Waals surface area contributed by atoms with Gasteiger partial charge in [0.25, 0.3) is 0 Å². The molecule has 2 N–H and O–H groups in total. The van der Waals surface area contributed by atoms with Gasteiger partial charge in [0.15, 0.2) is 0 Å². The third kappa shape index (κ3) is 3.25. The molecule has 0 amide bonds. The van der Waals surface area contributed by atoms with E-state index in [1.807, 2.05) is 6.07 Å². The second-order valence-electron chi connectivity index (χ2n) is 6.01. The fraction of sp³-hybridized carbons (Fsp3) is 0.647. The Morgan fingerprint density at radius 2 is 1.90 bits per heavy atom. The van der Waals surface area contributed by atoms with Crippen molar-refractivity contribution in [1.82, 2.24) is 4.90 Å². The van der Waals surface area contributed by atoms with E-state index < -0.39 is 0 Å². The van der Waals surface area contributed by atoms with E-state index in [1.54, 1.807) is 6.07 Å². The highest BCUT2D eigenvalue weighted by molar-refractivity contribution is 6.31. The Labute approximate surface area is 132 Å². The van der Waals surface area contributed by atoms with Gasteiger partial charge in [-0.1, -0.05) is 50.4 Å². The van der Waals surface area contributed by atoms with Gasteiger partial charge in [-0.05, 0) is 44.0 Å². The van der Waals surface area contributed by atoms with Crippen LogP contribution in [0.15, 0.2) is 18.2 Å². The van der Waals surface area contributed by atoms with Gasteiger partial charge in [0.1, 0.15) is 5.82 Å². The van der Waals surface area contributed by atoms with Crippen molar-refractivity contribution in [3.63, 3.8) is 0 Å². The topological polar surface area (TPSA) is 29.3 Å². The minimum Gasteiger partial charge on any atom is -0.326 e. The molecule has 1 saturated carbocycles. The summed E-state index contributed by atoms with van der Waals surface area (Å²) in [5.41, 5.74) is 7.46.